The zero-order valence-electron chi connectivity index (χ0n) is 15.1. The van der Waals surface area contributed by atoms with Gasteiger partial charge in [0.2, 0.25) is 5.91 Å². The van der Waals surface area contributed by atoms with Crippen LogP contribution in [0.3, 0.4) is 0 Å². The maximum Gasteiger partial charge on any atom is 0.240 e. The molecule has 0 saturated carbocycles. The average molecular weight is 379 g/mol. The summed E-state index contributed by atoms with van der Waals surface area (Å²) < 4.78 is 1.85. The van der Waals surface area contributed by atoms with Gasteiger partial charge < -0.3 is 0 Å². The number of halogens is 1. The van der Waals surface area contributed by atoms with Gasteiger partial charge in [-0.1, -0.05) is 41.9 Å². The molecule has 2 heterocycles. The topological polar surface area (TPSA) is 50.5 Å². The molecule has 0 N–H and O–H groups in total. The van der Waals surface area contributed by atoms with Crippen LogP contribution in [0, 0.1) is 6.92 Å². The summed E-state index contributed by atoms with van der Waals surface area (Å²) >= 11 is 6.12. The summed E-state index contributed by atoms with van der Waals surface area (Å²) in [6.07, 6.45) is 2.61. The molecule has 0 spiro atoms. The van der Waals surface area contributed by atoms with Gasteiger partial charge in [0.1, 0.15) is 0 Å². The Labute approximate surface area is 162 Å². The number of carbonyl (C=O) groups excluding carboxylic acids is 1. The van der Waals surface area contributed by atoms with Crippen molar-refractivity contribution in [3.8, 4) is 5.69 Å². The van der Waals surface area contributed by atoms with E-state index in [1.807, 2.05) is 72.4 Å². The van der Waals surface area contributed by atoms with E-state index in [2.05, 4.69) is 10.2 Å². The van der Waals surface area contributed by atoms with E-state index in [-0.39, 0.29) is 11.9 Å². The van der Waals surface area contributed by atoms with Gasteiger partial charge >= 0.3 is 0 Å². The second-order valence-corrected chi connectivity index (χ2v) is 7.03. The molecule has 27 heavy (non-hydrogen) atoms. The molecule has 6 heteroatoms. The largest absolute Gasteiger partial charge is 0.273 e. The van der Waals surface area contributed by atoms with E-state index in [9.17, 15) is 4.79 Å². The maximum absolute atomic E-state index is 12.2. The molecule has 5 nitrogen and oxygen atoms in total. The number of benzene rings is 2. The van der Waals surface area contributed by atoms with Crippen LogP contribution >= 0.6 is 11.6 Å². The number of carbonyl (C=O) groups is 1. The van der Waals surface area contributed by atoms with Crippen molar-refractivity contribution in [3.05, 3.63) is 82.6 Å². The molecule has 0 fully saturated rings. The quantitative estimate of drug-likeness (QED) is 0.672. The van der Waals surface area contributed by atoms with Crippen LogP contribution in [-0.2, 0) is 4.79 Å². The first-order chi connectivity index (χ1) is 13.0. The first-order valence-corrected chi connectivity index (χ1v) is 9.15. The van der Waals surface area contributed by atoms with Crippen LogP contribution in [0.1, 0.15) is 36.2 Å². The highest BCUT2D eigenvalue weighted by atomic mass is 35.5. The Kier molecular flexibility index (Phi) is 4.54. The molecule has 136 valence electrons. The predicted octanol–water partition coefficient (Wildman–Crippen LogP) is 4.53. The van der Waals surface area contributed by atoms with Crippen LogP contribution in [0.2, 0.25) is 5.02 Å². The molecule has 4 rings (SSSR count). The molecular formula is C21H19ClN4O. The van der Waals surface area contributed by atoms with Crippen molar-refractivity contribution in [3.63, 3.8) is 0 Å². The Balaban J connectivity index is 1.70. The predicted molar refractivity (Wildman–Crippen MR) is 106 cm³/mol. The standard InChI is InChI=1S/C21H19ClN4O/c1-14-19(13-25(23-14)18-9-4-3-5-10-18)21-12-20(24-26(21)15(2)27)16-7-6-8-17(22)11-16/h3-11,13,21H,12H2,1-2H3. The first kappa shape index (κ1) is 17.5. The fraction of sp³-hybridized carbons (Fsp3) is 0.190. The lowest BCUT2D eigenvalue weighted by atomic mass is 9.99. The minimum Gasteiger partial charge on any atom is -0.273 e. The van der Waals surface area contributed by atoms with Crippen molar-refractivity contribution in [1.82, 2.24) is 14.8 Å². The maximum atomic E-state index is 12.2. The molecule has 0 radical (unpaired) electrons. The van der Waals surface area contributed by atoms with Crippen molar-refractivity contribution in [2.75, 3.05) is 0 Å². The third kappa shape index (κ3) is 3.38. The number of rotatable bonds is 3. The highest BCUT2D eigenvalue weighted by molar-refractivity contribution is 6.31. The molecule has 0 bridgehead atoms. The second-order valence-electron chi connectivity index (χ2n) is 6.59. The molecule has 1 aliphatic rings. The molecule has 3 aromatic rings. The van der Waals surface area contributed by atoms with Crippen molar-refractivity contribution < 1.29 is 4.79 Å². The average Bonchev–Trinajstić information content (AvgIpc) is 3.26. The molecule has 1 aromatic heterocycles. The van der Waals surface area contributed by atoms with Crippen LogP contribution in [0.15, 0.2) is 65.9 Å². The summed E-state index contributed by atoms with van der Waals surface area (Å²) in [4.78, 5) is 12.2. The summed E-state index contributed by atoms with van der Waals surface area (Å²) in [6, 6.07) is 17.3. The van der Waals surface area contributed by atoms with E-state index in [1.54, 1.807) is 5.01 Å². The second kappa shape index (κ2) is 7.00. The monoisotopic (exact) mass is 378 g/mol. The van der Waals surface area contributed by atoms with Crippen LogP contribution in [0.25, 0.3) is 5.69 Å². The zero-order chi connectivity index (χ0) is 19.0. The summed E-state index contributed by atoms with van der Waals surface area (Å²) in [5.41, 5.74) is 4.65. The summed E-state index contributed by atoms with van der Waals surface area (Å²) in [7, 11) is 0. The number of nitrogens with zero attached hydrogens (tertiary/aromatic N) is 4. The molecule has 1 unspecified atom stereocenters. The lowest BCUT2D eigenvalue weighted by molar-refractivity contribution is -0.130. The van der Waals surface area contributed by atoms with Gasteiger partial charge in [-0.3, -0.25) is 4.79 Å². The fourth-order valence-corrected chi connectivity index (χ4v) is 3.59. The Morgan fingerprint density at radius 1 is 1.15 bits per heavy atom. The molecule has 1 aliphatic heterocycles. The Hall–Kier alpha value is -2.92. The number of para-hydroxylation sites is 1. The van der Waals surface area contributed by atoms with E-state index in [0.717, 1.165) is 28.2 Å². The summed E-state index contributed by atoms with van der Waals surface area (Å²) in [6.45, 7) is 3.50. The smallest absolute Gasteiger partial charge is 0.240 e. The number of aromatic nitrogens is 2. The molecular weight excluding hydrogens is 360 g/mol. The normalized spacial score (nSPS) is 16.5. The van der Waals surface area contributed by atoms with Gasteiger partial charge in [-0.05, 0) is 36.8 Å². The third-order valence-electron chi connectivity index (χ3n) is 4.71. The summed E-state index contributed by atoms with van der Waals surface area (Å²) in [5, 5.41) is 11.4. The number of hydrazone groups is 1. The minimum absolute atomic E-state index is 0.0936. The fourth-order valence-electron chi connectivity index (χ4n) is 3.40. The number of hydrogen-bond acceptors (Lipinski definition) is 3. The van der Waals surface area contributed by atoms with Crippen molar-refractivity contribution in [2.45, 2.75) is 26.3 Å². The van der Waals surface area contributed by atoms with Gasteiger partial charge in [0.15, 0.2) is 0 Å². The molecule has 2 aromatic carbocycles. The highest BCUT2D eigenvalue weighted by Crippen LogP contribution is 2.34. The lowest BCUT2D eigenvalue weighted by Crippen LogP contribution is -2.24. The van der Waals surface area contributed by atoms with E-state index in [1.165, 1.54) is 6.92 Å². The van der Waals surface area contributed by atoms with Crippen LogP contribution < -0.4 is 0 Å². The summed E-state index contributed by atoms with van der Waals surface area (Å²) in [5.74, 6) is -0.0936. The Morgan fingerprint density at radius 2 is 1.93 bits per heavy atom. The Morgan fingerprint density at radius 3 is 2.63 bits per heavy atom. The minimum atomic E-state index is -0.172. The van der Waals surface area contributed by atoms with E-state index >= 15 is 0 Å². The van der Waals surface area contributed by atoms with Gasteiger partial charge in [-0.2, -0.15) is 10.2 Å². The van der Waals surface area contributed by atoms with Gasteiger partial charge in [-0.15, -0.1) is 0 Å². The molecule has 1 amide bonds. The number of hydrogen-bond donors (Lipinski definition) is 0. The van der Waals surface area contributed by atoms with Crippen molar-refractivity contribution >= 4 is 23.2 Å². The zero-order valence-corrected chi connectivity index (χ0v) is 15.9. The van der Waals surface area contributed by atoms with Gasteiger partial charge in [-0.25, -0.2) is 9.69 Å². The molecule has 0 aliphatic carbocycles. The Bertz CT molecular complexity index is 1030. The number of aryl methyl sites for hydroxylation is 1. The van der Waals surface area contributed by atoms with Gasteiger partial charge in [0, 0.05) is 30.1 Å². The molecule has 1 atom stereocenters. The highest BCUT2D eigenvalue weighted by Gasteiger charge is 2.33. The van der Waals surface area contributed by atoms with Gasteiger partial charge in [0.25, 0.3) is 0 Å². The number of amides is 1. The van der Waals surface area contributed by atoms with E-state index in [0.29, 0.717) is 11.4 Å². The SMILES string of the molecule is CC(=O)N1N=C(c2cccc(Cl)c2)CC1c1cn(-c2ccccc2)nc1C. The van der Waals surface area contributed by atoms with Gasteiger partial charge in [0.05, 0.1) is 23.1 Å². The van der Waals surface area contributed by atoms with Crippen LogP contribution in [0.4, 0.5) is 0 Å². The van der Waals surface area contributed by atoms with E-state index in [4.69, 9.17) is 11.6 Å². The molecule has 0 saturated heterocycles. The lowest BCUT2D eigenvalue weighted by Gasteiger charge is -2.19. The third-order valence-corrected chi connectivity index (χ3v) is 4.94. The van der Waals surface area contributed by atoms with Crippen molar-refractivity contribution in [2.24, 2.45) is 5.10 Å². The van der Waals surface area contributed by atoms with Crippen molar-refractivity contribution in [1.29, 1.82) is 0 Å². The first-order valence-electron chi connectivity index (χ1n) is 8.78. The van der Waals surface area contributed by atoms with Crippen LogP contribution in [0.5, 0.6) is 0 Å². The van der Waals surface area contributed by atoms with E-state index < -0.39 is 0 Å². The van der Waals surface area contributed by atoms with Crippen LogP contribution in [-0.4, -0.2) is 26.4 Å².